The molecular weight excluding hydrogens is 396 g/mol. The molecule has 0 unspecified atom stereocenters. The molecule has 0 bridgehead atoms. The van der Waals surface area contributed by atoms with E-state index in [1.54, 1.807) is 22.7 Å². The normalized spacial score (nSPS) is 11.0. The molecule has 29 heavy (non-hydrogen) atoms. The summed E-state index contributed by atoms with van der Waals surface area (Å²) in [7, 11) is 0. The predicted molar refractivity (Wildman–Crippen MR) is 124 cm³/mol. The first kappa shape index (κ1) is 17.9. The predicted octanol–water partition coefficient (Wildman–Crippen LogP) is 7.54. The first-order valence-corrected chi connectivity index (χ1v) is 10.9. The Morgan fingerprint density at radius 2 is 1.45 bits per heavy atom. The molecule has 0 N–H and O–H groups in total. The van der Waals surface area contributed by atoms with Gasteiger partial charge in [-0.3, -0.25) is 0 Å². The second-order valence-corrected chi connectivity index (χ2v) is 8.40. The molecule has 0 aliphatic rings. The van der Waals surface area contributed by atoms with Gasteiger partial charge in [0, 0.05) is 32.2 Å². The van der Waals surface area contributed by atoms with Crippen LogP contribution in [0.5, 0.6) is 5.75 Å². The van der Waals surface area contributed by atoms with Crippen LogP contribution in [-0.4, -0.2) is 5.97 Å². The lowest BCUT2D eigenvalue weighted by Gasteiger charge is -2.11. The number of carbonyl (C=O) groups excluding carboxylic acids is 1. The van der Waals surface area contributed by atoms with Crippen LogP contribution in [0.2, 0.25) is 0 Å². The quantitative estimate of drug-likeness (QED) is 0.173. The SMILES string of the molecule is C=CC(=O)Oc1ccc(-c2scc3ccccc23)cc1-c1scc2ccccc12. The Bertz CT molecular complexity index is 1370. The first-order valence-electron chi connectivity index (χ1n) is 9.16. The zero-order chi connectivity index (χ0) is 19.8. The lowest BCUT2D eigenvalue weighted by Crippen LogP contribution is -2.04. The second kappa shape index (κ2) is 7.32. The molecule has 0 radical (unpaired) electrons. The highest BCUT2D eigenvalue weighted by Gasteiger charge is 2.16. The summed E-state index contributed by atoms with van der Waals surface area (Å²) in [5, 5.41) is 9.11. The maximum Gasteiger partial charge on any atom is 0.335 e. The molecule has 0 saturated heterocycles. The molecule has 140 valence electrons. The minimum Gasteiger partial charge on any atom is -0.423 e. The van der Waals surface area contributed by atoms with Gasteiger partial charge in [-0.25, -0.2) is 4.79 Å². The highest BCUT2D eigenvalue weighted by molar-refractivity contribution is 7.16. The summed E-state index contributed by atoms with van der Waals surface area (Å²) in [6, 6.07) is 22.7. The van der Waals surface area contributed by atoms with Crippen molar-refractivity contribution in [3.8, 4) is 26.6 Å². The second-order valence-electron chi connectivity index (χ2n) is 6.64. The Labute approximate surface area is 176 Å². The standard InChI is InChI=1S/C25H16O2S2/c1-2-23(26)27-22-12-11-16(24-19-9-5-3-7-17(19)14-28-24)13-21(22)25-20-10-6-4-8-18(20)15-29-25/h2-15H,1H2. The number of thiophene rings is 2. The largest absolute Gasteiger partial charge is 0.423 e. The van der Waals surface area contributed by atoms with Crippen molar-refractivity contribution in [3.05, 3.63) is 90.1 Å². The van der Waals surface area contributed by atoms with E-state index in [-0.39, 0.29) is 0 Å². The third-order valence-corrected chi connectivity index (χ3v) is 6.99. The van der Waals surface area contributed by atoms with Gasteiger partial charge in [-0.1, -0.05) is 55.1 Å². The van der Waals surface area contributed by atoms with Gasteiger partial charge in [0.2, 0.25) is 0 Å². The fraction of sp³-hybridized carbons (Fsp3) is 0. The number of carbonyl (C=O) groups is 1. The van der Waals surface area contributed by atoms with Crippen molar-refractivity contribution in [3.63, 3.8) is 0 Å². The Balaban J connectivity index is 1.73. The van der Waals surface area contributed by atoms with Crippen LogP contribution in [0.1, 0.15) is 0 Å². The summed E-state index contributed by atoms with van der Waals surface area (Å²) in [5.74, 6) is 0.0912. The molecule has 0 spiro atoms. The molecule has 0 fully saturated rings. The number of hydrogen-bond donors (Lipinski definition) is 0. The van der Waals surface area contributed by atoms with Crippen molar-refractivity contribution in [2.45, 2.75) is 0 Å². The number of ether oxygens (including phenoxy) is 1. The van der Waals surface area contributed by atoms with Gasteiger partial charge in [-0.05, 0) is 45.3 Å². The van der Waals surface area contributed by atoms with Crippen LogP contribution < -0.4 is 4.74 Å². The Morgan fingerprint density at radius 1 is 0.828 bits per heavy atom. The van der Waals surface area contributed by atoms with Crippen LogP contribution in [0.25, 0.3) is 42.4 Å². The fourth-order valence-corrected chi connectivity index (χ4v) is 5.58. The summed E-state index contributed by atoms with van der Waals surface area (Å²) in [5.41, 5.74) is 2.03. The smallest absolute Gasteiger partial charge is 0.335 e. The number of hydrogen-bond acceptors (Lipinski definition) is 4. The third kappa shape index (κ3) is 3.16. The van der Waals surface area contributed by atoms with E-state index >= 15 is 0 Å². The lowest BCUT2D eigenvalue weighted by molar-refractivity contribution is -0.128. The van der Waals surface area contributed by atoms with Gasteiger partial charge in [-0.15, -0.1) is 22.7 Å². The zero-order valence-corrected chi connectivity index (χ0v) is 17.1. The van der Waals surface area contributed by atoms with Gasteiger partial charge in [0.25, 0.3) is 0 Å². The highest BCUT2D eigenvalue weighted by atomic mass is 32.1. The van der Waals surface area contributed by atoms with E-state index < -0.39 is 5.97 Å². The molecule has 5 rings (SSSR count). The van der Waals surface area contributed by atoms with Crippen molar-refractivity contribution in [1.29, 1.82) is 0 Å². The van der Waals surface area contributed by atoms with Gasteiger partial charge in [0.1, 0.15) is 5.75 Å². The van der Waals surface area contributed by atoms with E-state index in [1.807, 2.05) is 24.3 Å². The van der Waals surface area contributed by atoms with Gasteiger partial charge >= 0.3 is 5.97 Å². The fourth-order valence-electron chi connectivity index (χ4n) is 3.50. The molecule has 0 aliphatic carbocycles. The van der Waals surface area contributed by atoms with Crippen LogP contribution in [0.3, 0.4) is 0 Å². The van der Waals surface area contributed by atoms with E-state index in [0.717, 1.165) is 21.4 Å². The van der Waals surface area contributed by atoms with Gasteiger partial charge in [0.05, 0.1) is 0 Å². The number of fused-ring (bicyclic) bond motifs is 2. The topological polar surface area (TPSA) is 26.3 Å². The van der Waals surface area contributed by atoms with Crippen molar-refractivity contribution in [1.82, 2.24) is 0 Å². The summed E-state index contributed by atoms with van der Waals surface area (Å²) < 4.78 is 5.58. The molecule has 2 nitrogen and oxygen atoms in total. The summed E-state index contributed by atoms with van der Waals surface area (Å²) >= 11 is 3.39. The molecular formula is C25H16O2S2. The molecule has 0 aliphatic heterocycles. The molecule has 5 aromatic rings. The van der Waals surface area contributed by atoms with Crippen LogP contribution in [0.4, 0.5) is 0 Å². The lowest BCUT2D eigenvalue weighted by atomic mass is 10.0. The first-order chi connectivity index (χ1) is 14.2. The van der Waals surface area contributed by atoms with E-state index in [9.17, 15) is 4.79 Å². The Morgan fingerprint density at radius 3 is 2.14 bits per heavy atom. The van der Waals surface area contributed by atoms with Crippen molar-refractivity contribution in [2.24, 2.45) is 0 Å². The monoisotopic (exact) mass is 412 g/mol. The molecule has 0 amide bonds. The summed E-state index contributed by atoms with van der Waals surface area (Å²) in [4.78, 5) is 14.2. The molecule has 2 heterocycles. The van der Waals surface area contributed by atoms with Crippen LogP contribution in [0.15, 0.2) is 90.1 Å². The molecule has 2 aromatic heterocycles. The maximum atomic E-state index is 11.9. The van der Waals surface area contributed by atoms with Crippen LogP contribution in [0, 0.1) is 0 Å². The van der Waals surface area contributed by atoms with Crippen LogP contribution >= 0.6 is 22.7 Å². The third-order valence-electron chi connectivity index (χ3n) is 4.88. The van der Waals surface area contributed by atoms with Gasteiger partial charge in [0.15, 0.2) is 0 Å². The molecule has 4 heteroatoms. The zero-order valence-electron chi connectivity index (χ0n) is 15.4. The number of benzene rings is 3. The minimum absolute atomic E-state index is 0.457. The van der Waals surface area contributed by atoms with Crippen molar-refractivity contribution in [2.75, 3.05) is 0 Å². The van der Waals surface area contributed by atoms with Crippen molar-refractivity contribution >= 4 is 50.2 Å². The van der Waals surface area contributed by atoms with E-state index in [1.165, 1.54) is 27.1 Å². The number of esters is 1. The Hall–Kier alpha value is -3.21. The van der Waals surface area contributed by atoms with E-state index in [0.29, 0.717) is 5.75 Å². The van der Waals surface area contributed by atoms with Gasteiger partial charge in [-0.2, -0.15) is 0 Å². The molecule has 3 aromatic carbocycles. The van der Waals surface area contributed by atoms with Gasteiger partial charge < -0.3 is 4.74 Å². The Kier molecular flexibility index (Phi) is 4.51. The number of rotatable bonds is 4. The molecule has 0 atom stereocenters. The maximum absolute atomic E-state index is 11.9. The average Bonchev–Trinajstić information content (AvgIpc) is 3.38. The van der Waals surface area contributed by atoms with E-state index in [4.69, 9.17) is 4.74 Å². The average molecular weight is 413 g/mol. The van der Waals surface area contributed by atoms with E-state index in [2.05, 4.69) is 59.8 Å². The van der Waals surface area contributed by atoms with Crippen molar-refractivity contribution < 1.29 is 9.53 Å². The summed E-state index contributed by atoms with van der Waals surface area (Å²) in [6.07, 6.45) is 1.19. The van der Waals surface area contributed by atoms with Crippen LogP contribution in [-0.2, 0) is 4.79 Å². The molecule has 0 saturated carbocycles. The minimum atomic E-state index is -0.457. The summed E-state index contributed by atoms with van der Waals surface area (Å²) in [6.45, 7) is 3.52. The highest BCUT2D eigenvalue weighted by Crippen LogP contribution is 2.43.